The Bertz CT molecular complexity index is 1680. The second-order valence-electron chi connectivity index (χ2n) is 10.1. The molecule has 0 aliphatic rings. The maximum absolute atomic E-state index is 12.5. The van der Waals surface area contributed by atoms with Crippen LogP contribution in [0.3, 0.4) is 0 Å². The predicted octanol–water partition coefficient (Wildman–Crippen LogP) is 5.90. The number of phenolic OH excluding ortho intramolecular Hbond substituents is 1. The molecule has 0 saturated carbocycles. The van der Waals surface area contributed by atoms with E-state index in [1.165, 1.54) is 29.9 Å². The van der Waals surface area contributed by atoms with Gasteiger partial charge in [0.25, 0.3) is 0 Å². The monoisotopic (exact) mass is 522 g/mol. The van der Waals surface area contributed by atoms with E-state index in [4.69, 9.17) is 9.72 Å². The molecule has 5 aromatic rings. The maximum atomic E-state index is 12.5. The van der Waals surface area contributed by atoms with Crippen LogP contribution >= 0.6 is 0 Å². The van der Waals surface area contributed by atoms with Crippen LogP contribution in [0.25, 0.3) is 27.6 Å². The lowest BCUT2D eigenvalue weighted by Gasteiger charge is -2.15. The zero-order valence-electron chi connectivity index (χ0n) is 23.1. The highest BCUT2D eigenvalue weighted by molar-refractivity contribution is 6.14. The number of hydrogen-bond donors (Lipinski definition) is 3. The van der Waals surface area contributed by atoms with Gasteiger partial charge in [0.2, 0.25) is 5.91 Å². The average Bonchev–Trinajstić information content (AvgIpc) is 3.21. The Morgan fingerprint density at radius 2 is 1.72 bits per heavy atom. The van der Waals surface area contributed by atoms with Crippen LogP contribution in [-0.4, -0.2) is 40.8 Å². The number of anilines is 1. The number of hydrogen-bond acceptors (Lipinski definition) is 5. The van der Waals surface area contributed by atoms with Gasteiger partial charge in [-0.25, -0.2) is 4.98 Å². The number of amides is 1. The molecule has 3 N–H and O–H groups in total. The number of methoxy groups -OCH3 is 1. The maximum Gasteiger partial charge on any atom is 0.224 e. The molecule has 0 spiro atoms. The van der Waals surface area contributed by atoms with E-state index in [0.29, 0.717) is 18.8 Å². The summed E-state index contributed by atoms with van der Waals surface area (Å²) in [5.41, 5.74) is 9.54. The van der Waals surface area contributed by atoms with Crippen molar-refractivity contribution in [1.29, 1.82) is 0 Å². The van der Waals surface area contributed by atoms with Gasteiger partial charge in [-0.3, -0.25) is 9.36 Å². The summed E-state index contributed by atoms with van der Waals surface area (Å²) in [6.45, 7) is 9.47. The highest BCUT2D eigenvalue weighted by Gasteiger charge is 2.19. The number of fused-ring (bicyclic) bond motifs is 3. The number of phenols is 1. The number of pyridine rings is 1. The molecule has 2 aromatic heterocycles. The van der Waals surface area contributed by atoms with Crippen LogP contribution in [0.1, 0.15) is 27.9 Å². The quantitative estimate of drug-likeness (QED) is 0.221. The van der Waals surface area contributed by atoms with Gasteiger partial charge in [0.1, 0.15) is 5.65 Å². The molecular weight excluding hydrogens is 488 g/mol. The Balaban J connectivity index is 1.41. The molecule has 1 amide bonds. The topological polar surface area (TPSA) is 88.4 Å². The molecule has 0 atom stereocenters. The van der Waals surface area contributed by atoms with Crippen LogP contribution < -0.4 is 15.4 Å². The Morgan fingerprint density at radius 1 is 0.974 bits per heavy atom. The van der Waals surface area contributed by atoms with Crippen molar-refractivity contribution in [1.82, 2.24) is 14.9 Å². The largest absolute Gasteiger partial charge is 0.504 e. The van der Waals surface area contributed by atoms with Crippen molar-refractivity contribution in [3.05, 3.63) is 88.6 Å². The van der Waals surface area contributed by atoms with Gasteiger partial charge in [-0.05, 0) is 68.7 Å². The number of carbonyl (C=O) groups is 1. The molecule has 2 heterocycles. The molecule has 7 heteroatoms. The molecule has 0 aliphatic carbocycles. The smallest absolute Gasteiger partial charge is 0.224 e. The summed E-state index contributed by atoms with van der Waals surface area (Å²) in [5, 5.41) is 18.5. The standard InChI is InChI=1S/C32H34N4O3/c1-19-14-20(2)31(21(3)15-19)36-26-9-7-6-8-24(26)30-25(16-22(4)35-32(30)36)33-12-13-34-29(38)18-23-10-11-27(37)28(17-23)39-5/h6-11,14-17,37H,12-13,18H2,1-5H3,(H,33,35)(H,34,38). The summed E-state index contributed by atoms with van der Waals surface area (Å²) in [7, 11) is 1.49. The van der Waals surface area contributed by atoms with E-state index in [9.17, 15) is 9.90 Å². The first-order chi connectivity index (χ1) is 18.8. The molecule has 0 unspecified atom stereocenters. The number of rotatable bonds is 8. The number of nitrogens with one attached hydrogen (secondary N) is 2. The lowest BCUT2D eigenvalue weighted by Crippen LogP contribution is -2.30. The number of aromatic hydroxyl groups is 1. The lowest BCUT2D eigenvalue weighted by atomic mass is 10.0. The Morgan fingerprint density at radius 3 is 2.46 bits per heavy atom. The van der Waals surface area contributed by atoms with E-state index in [2.05, 4.69) is 78.4 Å². The van der Waals surface area contributed by atoms with E-state index < -0.39 is 0 Å². The molecule has 39 heavy (non-hydrogen) atoms. The SMILES string of the molecule is COc1cc(CC(=O)NCCNc2cc(C)nc3c2c2ccccc2n3-c2c(C)cc(C)cc2C)ccc1O. The van der Waals surface area contributed by atoms with Gasteiger partial charge in [-0.15, -0.1) is 0 Å². The first-order valence-electron chi connectivity index (χ1n) is 13.1. The Labute approximate surface area is 228 Å². The van der Waals surface area contributed by atoms with Crippen LogP contribution in [0.5, 0.6) is 11.5 Å². The number of nitrogens with zero attached hydrogens (tertiary/aromatic N) is 2. The second kappa shape index (κ2) is 10.7. The van der Waals surface area contributed by atoms with Gasteiger partial charge >= 0.3 is 0 Å². The second-order valence-corrected chi connectivity index (χ2v) is 10.1. The zero-order valence-corrected chi connectivity index (χ0v) is 23.1. The van der Waals surface area contributed by atoms with Gasteiger partial charge in [-0.2, -0.15) is 0 Å². The average molecular weight is 523 g/mol. The van der Waals surface area contributed by atoms with E-state index in [-0.39, 0.29) is 18.1 Å². The number of aromatic nitrogens is 2. The van der Waals surface area contributed by atoms with Gasteiger partial charge in [0.05, 0.1) is 30.1 Å². The molecule has 0 saturated heterocycles. The predicted molar refractivity (Wildman–Crippen MR) is 157 cm³/mol. The third-order valence-corrected chi connectivity index (χ3v) is 6.98. The number of aryl methyl sites for hydroxylation is 4. The minimum absolute atomic E-state index is 0.0545. The fourth-order valence-corrected chi connectivity index (χ4v) is 5.45. The van der Waals surface area contributed by atoms with Crippen LogP contribution in [-0.2, 0) is 11.2 Å². The first kappa shape index (κ1) is 26.1. The summed E-state index contributed by atoms with van der Waals surface area (Å²) < 4.78 is 7.42. The van der Waals surface area contributed by atoms with Crippen molar-refractivity contribution in [3.8, 4) is 17.2 Å². The molecule has 0 bridgehead atoms. The summed E-state index contributed by atoms with van der Waals surface area (Å²) in [6.07, 6.45) is 0.206. The molecule has 7 nitrogen and oxygen atoms in total. The normalized spacial score (nSPS) is 11.2. The van der Waals surface area contributed by atoms with Crippen molar-refractivity contribution in [2.75, 3.05) is 25.5 Å². The third kappa shape index (κ3) is 5.12. The van der Waals surface area contributed by atoms with Crippen molar-refractivity contribution < 1.29 is 14.6 Å². The van der Waals surface area contributed by atoms with E-state index in [1.54, 1.807) is 12.1 Å². The van der Waals surface area contributed by atoms with Crippen LogP contribution in [0.15, 0.2) is 60.7 Å². The first-order valence-corrected chi connectivity index (χ1v) is 13.1. The summed E-state index contributed by atoms with van der Waals surface area (Å²) in [4.78, 5) is 17.5. The van der Waals surface area contributed by atoms with Gasteiger partial charge in [0.15, 0.2) is 11.5 Å². The van der Waals surface area contributed by atoms with Crippen LogP contribution in [0, 0.1) is 27.7 Å². The number of carbonyl (C=O) groups excluding carboxylic acids is 1. The number of benzene rings is 3. The minimum Gasteiger partial charge on any atom is -0.504 e. The fourth-order valence-electron chi connectivity index (χ4n) is 5.45. The summed E-state index contributed by atoms with van der Waals surface area (Å²) in [5.74, 6) is 0.315. The Kier molecular flexibility index (Phi) is 7.15. The van der Waals surface area contributed by atoms with Crippen LogP contribution in [0.4, 0.5) is 5.69 Å². The highest BCUT2D eigenvalue weighted by Crippen LogP contribution is 2.37. The van der Waals surface area contributed by atoms with Crippen molar-refractivity contribution in [2.24, 2.45) is 0 Å². The molecule has 0 radical (unpaired) electrons. The van der Waals surface area contributed by atoms with Gasteiger partial charge in [0, 0.05) is 29.9 Å². The fraction of sp³-hybridized carbons (Fsp3) is 0.250. The highest BCUT2D eigenvalue weighted by atomic mass is 16.5. The van der Waals surface area contributed by atoms with E-state index in [0.717, 1.165) is 44.6 Å². The number of para-hydroxylation sites is 1. The lowest BCUT2D eigenvalue weighted by molar-refractivity contribution is -0.120. The van der Waals surface area contributed by atoms with E-state index >= 15 is 0 Å². The van der Waals surface area contributed by atoms with Gasteiger partial charge in [-0.1, -0.05) is 42.0 Å². The third-order valence-electron chi connectivity index (χ3n) is 6.98. The van der Waals surface area contributed by atoms with Crippen molar-refractivity contribution in [2.45, 2.75) is 34.1 Å². The van der Waals surface area contributed by atoms with Crippen LogP contribution in [0.2, 0.25) is 0 Å². The zero-order chi connectivity index (χ0) is 27.7. The summed E-state index contributed by atoms with van der Waals surface area (Å²) >= 11 is 0. The van der Waals surface area contributed by atoms with Crippen molar-refractivity contribution in [3.63, 3.8) is 0 Å². The van der Waals surface area contributed by atoms with Gasteiger partial charge < -0.3 is 20.5 Å². The molecule has 0 fully saturated rings. The molecule has 200 valence electrons. The molecule has 3 aromatic carbocycles. The molecule has 0 aliphatic heterocycles. The van der Waals surface area contributed by atoms with Crippen molar-refractivity contribution >= 4 is 33.5 Å². The Hall–Kier alpha value is -4.52. The molecular formula is C32H34N4O3. The minimum atomic E-state index is -0.0949. The number of ether oxygens (including phenoxy) is 1. The van der Waals surface area contributed by atoms with E-state index in [1.807, 2.05) is 6.92 Å². The summed E-state index contributed by atoms with van der Waals surface area (Å²) in [6, 6.07) is 19.9. The molecule has 5 rings (SSSR count).